The number of rotatable bonds is 4. The Balaban J connectivity index is 3.00. The Morgan fingerprint density at radius 1 is 1.61 bits per heavy atom. The van der Waals surface area contributed by atoms with Gasteiger partial charge in [-0.25, -0.2) is 4.39 Å². The van der Waals surface area contributed by atoms with Gasteiger partial charge in [0.2, 0.25) is 0 Å². The Labute approximate surface area is 112 Å². The van der Waals surface area contributed by atoms with Gasteiger partial charge >= 0.3 is 0 Å². The first-order valence-corrected chi connectivity index (χ1v) is 6.00. The number of nitrogens with two attached hydrogens (primary N) is 1. The number of likely N-dealkylation sites (N-methyl/N-ethyl adjacent to an activating group) is 1. The van der Waals surface area contributed by atoms with Gasteiger partial charge < -0.3 is 15.8 Å². The lowest BCUT2D eigenvalue weighted by Gasteiger charge is -2.20. The molecule has 1 aromatic rings. The second kappa shape index (κ2) is 6.34. The van der Waals surface area contributed by atoms with E-state index in [1.165, 1.54) is 23.1 Å². The summed E-state index contributed by atoms with van der Waals surface area (Å²) in [6.07, 6.45) is 0. The zero-order valence-corrected chi connectivity index (χ0v) is 11.3. The fraction of sp³-hybridized carbons (Fsp3) is 0.273. The lowest BCUT2D eigenvalue weighted by atomic mass is 10.2. The van der Waals surface area contributed by atoms with E-state index in [9.17, 15) is 9.18 Å². The maximum Gasteiger partial charge on any atom is 0.255 e. The van der Waals surface area contributed by atoms with E-state index in [1.54, 1.807) is 6.92 Å². The standard InChI is InChI=1S/C11H13BrFN3O2/c1-2-16(6-9(14)15-18)11(17)7-4-3-5-8(13)10(7)12/h3-5,18H,2,6H2,1H3,(H2,14,15). The first-order chi connectivity index (χ1) is 8.51. The number of carbonyl (C=O) groups excluding carboxylic acids is 1. The van der Waals surface area contributed by atoms with Crippen molar-refractivity contribution < 1.29 is 14.4 Å². The van der Waals surface area contributed by atoms with E-state index in [4.69, 9.17) is 10.9 Å². The molecule has 0 aliphatic heterocycles. The largest absolute Gasteiger partial charge is 0.409 e. The highest BCUT2D eigenvalue weighted by Gasteiger charge is 2.19. The quantitative estimate of drug-likeness (QED) is 0.384. The average molecular weight is 318 g/mol. The first-order valence-electron chi connectivity index (χ1n) is 5.21. The molecule has 1 aromatic carbocycles. The molecule has 0 radical (unpaired) electrons. The molecule has 7 heteroatoms. The van der Waals surface area contributed by atoms with Crippen molar-refractivity contribution in [1.29, 1.82) is 0 Å². The monoisotopic (exact) mass is 317 g/mol. The zero-order valence-electron chi connectivity index (χ0n) is 9.73. The molecular weight excluding hydrogens is 305 g/mol. The van der Waals surface area contributed by atoms with Crippen molar-refractivity contribution in [3.05, 3.63) is 34.1 Å². The van der Waals surface area contributed by atoms with Crippen LogP contribution < -0.4 is 5.73 Å². The molecule has 0 unspecified atom stereocenters. The minimum atomic E-state index is -0.513. The van der Waals surface area contributed by atoms with Crippen LogP contribution in [0.25, 0.3) is 0 Å². The SMILES string of the molecule is CCN(C/C(N)=N/O)C(=O)c1cccc(F)c1Br. The number of amidine groups is 1. The predicted octanol–water partition coefficient (Wildman–Crippen LogP) is 1.80. The van der Waals surface area contributed by atoms with Crippen molar-refractivity contribution in [2.24, 2.45) is 10.9 Å². The van der Waals surface area contributed by atoms with Gasteiger partial charge in [-0.05, 0) is 35.0 Å². The number of halogens is 2. The van der Waals surface area contributed by atoms with Crippen LogP contribution in [0.1, 0.15) is 17.3 Å². The molecule has 3 N–H and O–H groups in total. The van der Waals surface area contributed by atoms with E-state index in [2.05, 4.69) is 21.1 Å². The van der Waals surface area contributed by atoms with Crippen LogP contribution in [0.15, 0.2) is 27.8 Å². The fourth-order valence-electron chi connectivity index (χ4n) is 1.39. The van der Waals surface area contributed by atoms with Crippen LogP contribution in [0.5, 0.6) is 0 Å². The number of hydrogen-bond donors (Lipinski definition) is 2. The van der Waals surface area contributed by atoms with E-state index in [-0.39, 0.29) is 22.4 Å². The molecule has 0 aliphatic carbocycles. The molecule has 0 aliphatic rings. The van der Waals surface area contributed by atoms with Crippen LogP contribution in [-0.2, 0) is 0 Å². The number of amides is 1. The molecule has 0 spiro atoms. The van der Waals surface area contributed by atoms with Crippen molar-refractivity contribution in [3.63, 3.8) is 0 Å². The van der Waals surface area contributed by atoms with Crippen molar-refractivity contribution >= 4 is 27.7 Å². The normalized spacial score (nSPS) is 11.4. The van der Waals surface area contributed by atoms with Gasteiger partial charge in [0.05, 0.1) is 16.6 Å². The van der Waals surface area contributed by atoms with Crippen LogP contribution in [0.4, 0.5) is 4.39 Å². The van der Waals surface area contributed by atoms with Crippen molar-refractivity contribution in [1.82, 2.24) is 4.90 Å². The molecule has 18 heavy (non-hydrogen) atoms. The van der Waals surface area contributed by atoms with E-state index < -0.39 is 11.7 Å². The minimum absolute atomic E-state index is 0.0191. The summed E-state index contributed by atoms with van der Waals surface area (Å²) in [7, 11) is 0. The molecule has 0 bridgehead atoms. The lowest BCUT2D eigenvalue weighted by Crippen LogP contribution is -2.38. The average Bonchev–Trinajstić information content (AvgIpc) is 2.38. The van der Waals surface area contributed by atoms with Gasteiger partial charge in [-0.2, -0.15) is 0 Å². The van der Waals surface area contributed by atoms with E-state index in [1.807, 2.05) is 0 Å². The fourth-order valence-corrected chi connectivity index (χ4v) is 1.83. The highest BCUT2D eigenvalue weighted by Crippen LogP contribution is 2.21. The Hall–Kier alpha value is -1.63. The van der Waals surface area contributed by atoms with Crippen LogP contribution in [0.2, 0.25) is 0 Å². The number of oxime groups is 1. The third kappa shape index (κ3) is 3.19. The summed E-state index contributed by atoms with van der Waals surface area (Å²) in [6, 6.07) is 4.20. The summed E-state index contributed by atoms with van der Waals surface area (Å²) >= 11 is 3.03. The Kier molecular flexibility index (Phi) is 5.08. The Bertz CT molecular complexity index is 479. The molecule has 5 nitrogen and oxygen atoms in total. The first kappa shape index (κ1) is 14.4. The van der Waals surface area contributed by atoms with Gasteiger partial charge in [0.25, 0.3) is 5.91 Å². The van der Waals surface area contributed by atoms with Gasteiger partial charge in [0.1, 0.15) is 5.82 Å². The molecule has 0 fully saturated rings. The van der Waals surface area contributed by atoms with Crippen LogP contribution in [-0.4, -0.2) is 34.9 Å². The van der Waals surface area contributed by atoms with E-state index >= 15 is 0 Å². The van der Waals surface area contributed by atoms with Crippen molar-refractivity contribution in [2.45, 2.75) is 6.92 Å². The highest BCUT2D eigenvalue weighted by atomic mass is 79.9. The van der Waals surface area contributed by atoms with Gasteiger partial charge in [-0.3, -0.25) is 4.79 Å². The lowest BCUT2D eigenvalue weighted by molar-refractivity contribution is 0.0784. The smallest absolute Gasteiger partial charge is 0.255 e. The third-order valence-corrected chi connectivity index (χ3v) is 3.14. The van der Waals surface area contributed by atoms with Gasteiger partial charge in [0.15, 0.2) is 5.84 Å². The number of benzene rings is 1. The zero-order chi connectivity index (χ0) is 13.7. The van der Waals surface area contributed by atoms with Crippen LogP contribution in [0.3, 0.4) is 0 Å². The second-order valence-corrected chi connectivity index (χ2v) is 4.31. The molecule has 1 amide bonds. The van der Waals surface area contributed by atoms with Crippen molar-refractivity contribution in [3.8, 4) is 0 Å². The molecule has 1 rings (SSSR count). The highest BCUT2D eigenvalue weighted by molar-refractivity contribution is 9.10. The van der Waals surface area contributed by atoms with Crippen LogP contribution in [0, 0.1) is 5.82 Å². The van der Waals surface area contributed by atoms with E-state index in [0.29, 0.717) is 6.54 Å². The molecule has 0 heterocycles. The predicted molar refractivity (Wildman–Crippen MR) is 69.1 cm³/mol. The van der Waals surface area contributed by atoms with Crippen molar-refractivity contribution in [2.75, 3.05) is 13.1 Å². The summed E-state index contributed by atoms with van der Waals surface area (Å²) in [4.78, 5) is 13.5. The maximum atomic E-state index is 13.3. The van der Waals surface area contributed by atoms with Gasteiger partial charge in [0, 0.05) is 6.54 Å². The van der Waals surface area contributed by atoms with Gasteiger partial charge in [-0.1, -0.05) is 11.2 Å². The van der Waals surface area contributed by atoms with Crippen LogP contribution >= 0.6 is 15.9 Å². The molecule has 0 aromatic heterocycles. The number of carbonyl (C=O) groups is 1. The van der Waals surface area contributed by atoms with Gasteiger partial charge in [-0.15, -0.1) is 0 Å². The summed E-state index contributed by atoms with van der Waals surface area (Å²) < 4.78 is 13.4. The maximum absolute atomic E-state index is 13.3. The molecule has 0 saturated carbocycles. The molecule has 98 valence electrons. The summed E-state index contributed by atoms with van der Waals surface area (Å²) in [5.74, 6) is -0.992. The Morgan fingerprint density at radius 2 is 2.28 bits per heavy atom. The topological polar surface area (TPSA) is 78.9 Å². The Morgan fingerprint density at radius 3 is 2.83 bits per heavy atom. The number of nitrogens with zero attached hydrogens (tertiary/aromatic N) is 2. The summed E-state index contributed by atoms with van der Waals surface area (Å²) in [5.41, 5.74) is 5.55. The minimum Gasteiger partial charge on any atom is -0.409 e. The second-order valence-electron chi connectivity index (χ2n) is 3.51. The molecular formula is C11H13BrFN3O2. The molecule has 0 saturated heterocycles. The third-order valence-electron chi connectivity index (χ3n) is 2.33. The number of hydrogen-bond acceptors (Lipinski definition) is 3. The summed E-state index contributed by atoms with van der Waals surface area (Å²) in [6.45, 7) is 2.09. The molecule has 0 atom stereocenters. The van der Waals surface area contributed by atoms with E-state index in [0.717, 1.165) is 0 Å². The summed E-state index contributed by atoms with van der Waals surface area (Å²) in [5, 5.41) is 11.3.